The van der Waals surface area contributed by atoms with Crippen molar-refractivity contribution in [1.82, 2.24) is 15.3 Å². The van der Waals surface area contributed by atoms with E-state index in [4.69, 9.17) is 0 Å². The van der Waals surface area contributed by atoms with Gasteiger partial charge in [-0.1, -0.05) is 12.1 Å². The number of nitrogens with one attached hydrogen (secondary N) is 1. The van der Waals surface area contributed by atoms with E-state index in [1.165, 1.54) is 6.07 Å². The Balaban J connectivity index is 2.04. The number of rotatable bonds is 2. The fraction of sp³-hybridized carbons (Fsp3) is 0.333. The molecule has 1 aromatic heterocycles. The van der Waals surface area contributed by atoms with E-state index in [0.717, 1.165) is 31.0 Å². The van der Waals surface area contributed by atoms with Gasteiger partial charge in [0.05, 0.1) is 5.69 Å². The van der Waals surface area contributed by atoms with Crippen molar-refractivity contribution >= 4 is 0 Å². The normalized spacial score (nSPS) is 18.7. The lowest BCUT2D eigenvalue weighted by Crippen LogP contribution is -2.11. The lowest BCUT2D eigenvalue weighted by atomic mass is 10.1. The van der Waals surface area contributed by atoms with E-state index in [1.54, 1.807) is 12.1 Å². The number of hydrogen-bond donors (Lipinski definition) is 1. The summed E-state index contributed by atoms with van der Waals surface area (Å²) in [6.07, 6.45) is 1.04. The van der Waals surface area contributed by atoms with E-state index in [0.29, 0.717) is 17.2 Å². The molecule has 0 spiro atoms. The maximum absolute atomic E-state index is 13.8. The second-order valence-electron chi connectivity index (χ2n) is 4.92. The standard InChI is InChI=1S/C15H16FN3/c1-10-8-14(12-4-2-3-5-13(12)16)19-15(18-10)11-6-7-17-9-11/h2-5,8,11,17H,6-7,9H2,1H3. The molecule has 0 saturated carbocycles. The fourth-order valence-corrected chi connectivity index (χ4v) is 2.46. The molecule has 98 valence electrons. The molecular weight excluding hydrogens is 241 g/mol. The highest BCUT2D eigenvalue weighted by Gasteiger charge is 2.20. The highest BCUT2D eigenvalue weighted by molar-refractivity contribution is 5.60. The van der Waals surface area contributed by atoms with Crippen LogP contribution < -0.4 is 5.32 Å². The predicted octanol–water partition coefficient (Wildman–Crippen LogP) is 2.67. The molecule has 1 fully saturated rings. The lowest BCUT2D eigenvalue weighted by Gasteiger charge is -2.10. The van der Waals surface area contributed by atoms with Gasteiger partial charge < -0.3 is 5.32 Å². The Hall–Kier alpha value is -1.81. The molecule has 0 radical (unpaired) electrons. The molecule has 19 heavy (non-hydrogen) atoms. The van der Waals surface area contributed by atoms with E-state index < -0.39 is 0 Å². The van der Waals surface area contributed by atoms with Gasteiger partial charge in [0, 0.05) is 23.7 Å². The first-order chi connectivity index (χ1) is 9.24. The number of nitrogens with zero attached hydrogens (tertiary/aromatic N) is 2. The van der Waals surface area contributed by atoms with Crippen LogP contribution in [0, 0.1) is 12.7 Å². The highest BCUT2D eigenvalue weighted by atomic mass is 19.1. The van der Waals surface area contributed by atoms with Gasteiger partial charge in [0.2, 0.25) is 0 Å². The van der Waals surface area contributed by atoms with E-state index in [2.05, 4.69) is 15.3 Å². The second-order valence-corrected chi connectivity index (χ2v) is 4.92. The van der Waals surface area contributed by atoms with Crippen molar-refractivity contribution in [2.75, 3.05) is 13.1 Å². The van der Waals surface area contributed by atoms with Crippen molar-refractivity contribution in [2.24, 2.45) is 0 Å². The summed E-state index contributed by atoms with van der Waals surface area (Å²) in [4.78, 5) is 9.05. The van der Waals surface area contributed by atoms with Crippen LogP contribution in [0.4, 0.5) is 4.39 Å². The molecule has 1 unspecified atom stereocenters. The molecule has 1 aliphatic heterocycles. The number of benzene rings is 1. The van der Waals surface area contributed by atoms with Gasteiger partial charge in [0.25, 0.3) is 0 Å². The molecule has 2 heterocycles. The molecule has 0 bridgehead atoms. The van der Waals surface area contributed by atoms with E-state index >= 15 is 0 Å². The fourth-order valence-electron chi connectivity index (χ4n) is 2.46. The third kappa shape index (κ3) is 2.49. The Morgan fingerprint density at radius 1 is 1.26 bits per heavy atom. The van der Waals surface area contributed by atoms with Gasteiger partial charge in [-0.05, 0) is 38.1 Å². The summed E-state index contributed by atoms with van der Waals surface area (Å²) in [5.41, 5.74) is 2.10. The van der Waals surface area contributed by atoms with Crippen LogP contribution >= 0.6 is 0 Å². The van der Waals surface area contributed by atoms with Crippen LogP contribution in [-0.2, 0) is 0 Å². The zero-order valence-electron chi connectivity index (χ0n) is 10.9. The predicted molar refractivity (Wildman–Crippen MR) is 72.4 cm³/mol. The first-order valence-corrected chi connectivity index (χ1v) is 6.55. The first kappa shape index (κ1) is 12.2. The minimum atomic E-state index is -0.240. The van der Waals surface area contributed by atoms with Crippen LogP contribution in [0.15, 0.2) is 30.3 Å². The molecule has 2 aromatic rings. The van der Waals surface area contributed by atoms with Gasteiger partial charge in [-0.25, -0.2) is 14.4 Å². The van der Waals surface area contributed by atoms with Crippen LogP contribution in [0.1, 0.15) is 23.9 Å². The number of aromatic nitrogens is 2. The van der Waals surface area contributed by atoms with Crippen molar-refractivity contribution in [3.05, 3.63) is 47.7 Å². The summed E-state index contributed by atoms with van der Waals surface area (Å²) in [7, 11) is 0. The number of halogens is 1. The molecule has 1 saturated heterocycles. The SMILES string of the molecule is Cc1cc(-c2ccccc2F)nc(C2CCNC2)n1. The van der Waals surface area contributed by atoms with Gasteiger partial charge >= 0.3 is 0 Å². The first-order valence-electron chi connectivity index (χ1n) is 6.55. The van der Waals surface area contributed by atoms with Gasteiger partial charge in [-0.15, -0.1) is 0 Å². The van der Waals surface area contributed by atoms with Crippen molar-refractivity contribution in [2.45, 2.75) is 19.3 Å². The van der Waals surface area contributed by atoms with E-state index in [-0.39, 0.29) is 5.82 Å². The average molecular weight is 257 g/mol. The summed E-state index contributed by atoms with van der Waals surface area (Å²) in [6, 6.07) is 8.57. The maximum Gasteiger partial charge on any atom is 0.133 e. The largest absolute Gasteiger partial charge is 0.316 e. The monoisotopic (exact) mass is 257 g/mol. The Bertz CT molecular complexity index is 592. The molecule has 4 heteroatoms. The van der Waals surface area contributed by atoms with E-state index in [1.807, 2.05) is 19.1 Å². The molecule has 0 aliphatic carbocycles. The average Bonchev–Trinajstić information content (AvgIpc) is 2.92. The van der Waals surface area contributed by atoms with Crippen LogP contribution in [0.2, 0.25) is 0 Å². The smallest absolute Gasteiger partial charge is 0.133 e. The van der Waals surface area contributed by atoms with Crippen LogP contribution in [0.5, 0.6) is 0 Å². The maximum atomic E-state index is 13.8. The summed E-state index contributed by atoms with van der Waals surface area (Å²) < 4.78 is 13.8. The van der Waals surface area contributed by atoms with Gasteiger partial charge in [0.1, 0.15) is 11.6 Å². The Labute approximate surface area is 111 Å². The van der Waals surface area contributed by atoms with Crippen LogP contribution in [-0.4, -0.2) is 23.1 Å². The second kappa shape index (κ2) is 5.05. The van der Waals surface area contributed by atoms with Crippen molar-refractivity contribution in [3.63, 3.8) is 0 Å². The van der Waals surface area contributed by atoms with Crippen molar-refractivity contribution in [3.8, 4) is 11.3 Å². The highest BCUT2D eigenvalue weighted by Crippen LogP contribution is 2.25. The van der Waals surface area contributed by atoms with Gasteiger partial charge in [-0.2, -0.15) is 0 Å². The lowest BCUT2D eigenvalue weighted by molar-refractivity contribution is 0.629. The summed E-state index contributed by atoms with van der Waals surface area (Å²) in [6.45, 7) is 3.83. The molecule has 3 rings (SSSR count). The summed E-state index contributed by atoms with van der Waals surface area (Å²) in [5, 5.41) is 3.31. The van der Waals surface area contributed by atoms with Crippen molar-refractivity contribution in [1.29, 1.82) is 0 Å². The molecular formula is C15H16FN3. The molecule has 3 nitrogen and oxygen atoms in total. The van der Waals surface area contributed by atoms with Crippen molar-refractivity contribution < 1.29 is 4.39 Å². The van der Waals surface area contributed by atoms with Crippen LogP contribution in [0.25, 0.3) is 11.3 Å². The number of hydrogen-bond acceptors (Lipinski definition) is 3. The molecule has 1 N–H and O–H groups in total. The summed E-state index contributed by atoms with van der Waals surface area (Å²) in [5.74, 6) is 0.921. The zero-order chi connectivity index (χ0) is 13.2. The minimum absolute atomic E-state index is 0.240. The molecule has 1 atom stereocenters. The Morgan fingerprint density at radius 3 is 2.84 bits per heavy atom. The number of aryl methyl sites for hydroxylation is 1. The zero-order valence-corrected chi connectivity index (χ0v) is 10.9. The molecule has 0 amide bonds. The van der Waals surface area contributed by atoms with Gasteiger partial charge in [-0.3, -0.25) is 0 Å². The quantitative estimate of drug-likeness (QED) is 0.898. The van der Waals surface area contributed by atoms with Gasteiger partial charge in [0.15, 0.2) is 0 Å². The topological polar surface area (TPSA) is 37.8 Å². The van der Waals surface area contributed by atoms with E-state index in [9.17, 15) is 4.39 Å². The Kier molecular flexibility index (Phi) is 3.25. The van der Waals surface area contributed by atoms with Crippen LogP contribution in [0.3, 0.4) is 0 Å². The third-order valence-corrected chi connectivity index (χ3v) is 3.45. The minimum Gasteiger partial charge on any atom is -0.316 e. The molecule has 1 aromatic carbocycles. The summed E-state index contributed by atoms with van der Waals surface area (Å²) >= 11 is 0. The Morgan fingerprint density at radius 2 is 2.11 bits per heavy atom. The molecule has 1 aliphatic rings. The third-order valence-electron chi connectivity index (χ3n) is 3.45.